The summed E-state index contributed by atoms with van der Waals surface area (Å²) in [5, 5.41) is 21.0. The molecule has 5 heterocycles. The average Bonchev–Trinajstić information content (AvgIpc) is 3.92. The lowest BCUT2D eigenvalue weighted by Gasteiger charge is -2.36. The van der Waals surface area contributed by atoms with E-state index in [9.17, 15) is 29.1 Å². The highest BCUT2D eigenvalue weighted by molar-refractivity contribution is 7.12. The van der Waals surface area contributed by atoms with E-state index in [1.54, 1.807) is 50.7 Å². The number of benzene rings is 2. The van der Waals surface area contributed by atoms with Gasteiger partial charge in [0.05, 0.1) is 24.1 Å². The molecular weight excluding hydrogens is 923 g/mol. The highest BCUT2D eigenvalue weighted by Crippen LogP contribution is 2.42. The molecule has 18 heteroatoms. The molecule has 7 rings (SSSR count). The van der Waals surface area contributed by atoms with Crippen LogP contribution in [-0.4, -0.2) is 130 Å². The summed E-state index contributed by atoms with van der Waals surface area (Å²) in [4.78, 5) is 82.2. The number of hydrogen-bond donors (Lipinski definition) is 4. The number of phenols is 1. The van der Waals surface area contributed by atoms with E-state index in [-0.39, 0.29) is 42.3 Å². The molecule has 378 valence electrons. The topological polar surface area (TPSA) is 201 Å². The van der Waals surface area contributed by atoms with Crippen molar-refractivity contribution in [3.63, 3.8) is 0 Å². The average molecular weight is 990 g/mol. The van der Waals surface area contributed by atoms with Crippen molar-refractivity contribution >= 4 is 57.7 Å². The van der Waals surface area contributed by atoms with Gasteiger partial charge < -0.3 is 39.6 Å². The first-order valence-electron chi connectivity index (χ1n) is 24.1. The lowest BCUT2D eigenvalue weighted by atomic mass is 9.84. The van der Waals surface area contributed by atoms with Crippen LogP contribution in [0.1, 0.15) is 87.1 Å². The number of anilines is 1. The summed E-state index contributed by atoms with van der Waals surface area (Å²) in [5.41, 5.74) is 9.41. The molecule has 4 atom stereocenters. The van der Waals surface area contributed by atoms with Crippen molar-refractivity contribution in [2.24, 2.45) is 11.3 Å². The summed E-state index contributed by atoms with van der Waals surface area (Å²) < 4.78 is 14.2. The second-order valence-electron chi connectivity index (χ2n) is 19.8. The zero-order valence-electron chi connectivity index (χ0n) is 42.4. The Labute approximate surface area is 419 Å². The molecule has 5 aromatic rings. The van der Waals surface area contributed by atoms with Gasteiger partial charge in [0.1, 0.15) is 29.7 Å². The first-order chi connectivity index (χ1) is 33.8. The number of hydrogen-bond acceptors (Lipinski definition) is 13. The van der Waals surface area contributed by atoms with Crippen LogP contribution in [0.15, 0.2) is 72.3 Å². The number of likely N-dealkylation sites (N-methyl/N-ethyl adjacent to an activating group) is 2. The van der Waals surface area contributed by atoms with Gasteiger partial charge >= 0.3 is 5.97 Å². The normalized spacial score (nSPS) is 18.3. The van der Waals surface area contributed by atoms with Crippen LogP contribution in [0.5, 0.6) is 5.75 Å². The third kappa shape index (κ3) is 12.0. The number of cyclic esters (lactones) is 1. The number of phenolic OH excluding ortho intramolecular Hbond substituents is 1. The summed E-state index contributed by atoms with van der Waals surface area (Å²) in [6.07, 6.45) is 5.98. The van der Waals surface area contributed by atoms with Gasteiger partial charge in [0, 0.05) is 79.7 Å². The van der Waals surface area contributed by atoms with Gasteiger partial charge in [-0.1, -0.05) is 45.9 Å². The number of nitrogens with one attached hydrogen (secondary N) is 3. The second kappa shape index (κ2) is 22.3. The van der Waals surface area contributed by atoms with Gasteiger partial charge in [0.2, 0.25) is 11.8 Å². The quantitative estimate of drug-likeness (QED) is 0.0715. The van der Waals surface area contributed by atoms with Crippen LogP contribution in [0.25, 0.3) is 33.3 Å². The Kier molecular flexibility index (Phi) is 16.4. The fourth-order valence-corrected chi connectivity index (χ4v) is 10.2. The summed E-state index contributed by atoms with van der Waals surface area (Å²) in [6, 6.07) is 12.3. The SMILES string of the molecule is CCn1c(-c2cccnc2[C@H](C)OC)c2c3cc(ccc31)-c1cc(O)cc(c1)C[C@H](NC(=O)[C@H](C(C)C)N(C)C(=O)c1nc(NC(=O)/C=C/CN(C)C)cs1)C(=O)N1CCC[C@H](N1)C(=O)OCC(C)(C)C2. The molecule has 2 aromatic carbocycles. The number of aromatic hydroxyl groups is 1. The van der Waals surface area contributed by atoms with E-state index >= 15 is 0 Å². The molecule has 2 aliphatic heterocycles. The maximum Gasteiger partial charge on any atom is 0.324 e. The second-order valence-corrected chi connectivity index (χ2v) is 20.7. The Morgan fingerprint density at radius 1 is 1.08 bits per heavy atom. The Bertz CT molecular complexity index is 2820. The molecule has 1 fully saturated rings. The minimum atomic E-state index is -1.21. The molecule has 0 saturated carbocycles. The summed E-state index contributed by atoms with van der Waals surface area (Å²) in [5.74, 6) is -2.78. The molecule has 0 aliphatic carbocycles. The molecule has 2 aliphatic rings. The van der Waals surface area contributed by atoms with E-state index in [0.29, 0.717) is 43.5 Å². The first-order valence-corrected chi connectivity index (χ1v) is 25.0. The van der Waals surface area contributed by atoms with Gasteiger partial charge in [0.25, 0.3) is 11.8 Å². The molecule has 0 radical (unpaired) electrons. The number of ether oxygens (including phenoxy) is 2. The minimum absolute atomic E-state index is 0.0286. The van der Waals surface area contributed by atoms with Crippen molar-refractivity contribution in [1.29, 1.82) is 0 Å². The largest absolute Gasteiger partial charge is 0.508 e. The number of hydrazine groups is 1. The van der Waals surface area contributed by atoms with Gasteiger partial charge in [-0.3, -0.25) is 34.0 Å². The minimum Gasteiger partial charge on any atom is -0.508 e. The lowest BCUT2D eigenvalue weighted by Crippen LogP contribution is -2.62. The molecule has 71 heavy (non-hydrogen) atoms. The zero-order valence-corrected chi connectivity index (χ0v) is 43.2. The Morgan fingerprint density at radius 3 is 2.58 bits per heavy atom. The van der Waals surface area contributed by atoms with Crippen molar-refractivity contribution in [1.82, 2.24) is 40.1 Å². The van der Waals surface area contributed by atoms with Gasteiger partial charge in [-0.05, 0) is 112 Å². The van der Waals surface area contributed by atoms with E-state index in [0.717, 1.165) is 50.3 Å². The van der Waals surface area contributed by atoms with Crippen molar-refractivity contribution in [3.05, 3.63) is 94.1 Å². The van der Waals surface area contributed by atoms with Crippen LogP contribution >= 0.6 is 11.3 Å². The van der Waals surface area contributed by atoms with Crippen LogP contribution in [0.2, 0.25) is 0 Å². The van der Waals surface area contributed by atoms with Gasteiger partial charge in [-0.2, -0.15) is 0 Å². The van der Waals surface area contributed by atoms with E-state index in [1.165, 1.54) is 23.0 Å². The van der Waals surface area contributed by atoms with Gasteiger partial charge in [-0.15, -0.1) is 11.3 Å². The molecule has 0 unspecified atom stereocenters. The van der Waals surface area contributed by atoms with Gasteiger partial charge in [-0.25, -0.2) is 10.4 Å². The van der Waals surface area contributed by atoms with Crippen molar-refractivity contribution < 1.29 is 38.6 Å². The number of carbonyl (C=O) groups excluding carboxylic acids is 5. The molecular formula is C53H67N9O8S. The molecule has 0 spiro atoms. The number of fused-ring (bicyclic) bond motifs is 6. The van der Waals surface area contributed by atoms with Gasteiger partial charge in [0.15, 0.2) is 5.01 Å². The third-order valence-corrected chi connectivity index (χ3v) is 13.8. The fourth-order valence-electron chi connectivity index (χ4n) is 9.49. The Morgan fingerprint density at radius 2 is 1.86 bits per heavy atom. The number of aryl methyl sites for hydroxylation is 1. The standard InChI is InChI=1S/C53H67N9O8S/c1-11-61-42-19-18-34-27-38(42)39(47(61)37-15-12-20-54-45(37)32(4)69-10)28-53(5,6)30-70-52(68)40-16-13-22-62(58-40)50(66)41(25-33-23-35(34)26-36(63)24-33)55-48(65)46(31(2)3)60(9)51(67)49-57-43(29-71-49)56-44(64)17-14-21-59(7)8/h12,14-15,17-20,23-24,26-27,29,31-32,40-41,46,58,63H,11,13,16,21-22,25,28,30H2,1-10H3,(H,55,65)(H,56,64)/b17-14+/t32-,40-,41-,46-/m0/s1. The molecule has 4 N–H and O–H groups in total. The fraction of sp³-hybridized carbons (Fsp3) is 0.453. The van der Waals surface area contributed by atoms with Crippen molar-refractivity contribution in [2.75, 3.05) is 53.3 Å². The number of carbonyl (C=O) groups is 5. The van der Waals surface area contributed by atoms with E-state index in [1.807, 2.05) is 44.1 Å². The number of aromatic nitrogens is 3. The Hall–Kier alpha value is -6.47. The number of nitrogens with zero attached hydrogens (tertiary/aromatic N) is 6. The molecule has 1 saturated heterocycles. The summed E-state index contributed by atoms with van der Waals surface area (Å²) >= 11 is 1.03. The highest BCUT2D eigenvalue weighted by atomic mass is 32.1. The maximum absolute atomic E-state index is 14.8. The molecule has 17 nitrogen and oxygen atoms in total. The smallest absolute Gasteiger partial charge is 0.324 e. The predicted octanol–water partition coefficient (Wildman–Crippen LogP) is 6.76. The first kappa shape index (κ1) is 52.4. The number of methoxy groups -OCH3 is 1. The maximum atomic E-state index is 14.8. The number of pyridine rings is 1. The predicted molar refractivity (Wildman–Crippen MR) is 274 cm³/mol. The number of esters is 1. The van der Waals surface area contributed by atoms with Crippen molar-refractivity contribution in [3.8, 4) is 28.1 Å². The number of rotatable bonds is 13. The molecule has 3 aromatic heterocycles. The summed E-state index contributed by atoms with van der Waals surface area (Å²) in [6.45, 7) is 13.4. The molecule has 4 amide bonds. The number of thiazole rings is 1. The van der Waals surface area contributed by atoms with Crippen LogP contribution < -0.4 is 16.1 Å². The summed E-state index contributed by atoms with van der Waals surface area (Å²) in [7, 11) is 6.94. The zero-order chi connectivity index (χ0) is 51.3. The third-order valence-electron chi connectivity index (χ3n) is 13.0. The molecule has 6 bridgehead atoms. The Balaban J connectivity index is 1.26. The van der Waals surface area contributed by atoms with E-state index in [2.05, 4.69) is 64.6 Å². The van der Waals surface area contributed by atoms with Crippen LogP contribution in [0.4, 0.5) is 5.82 Å². The van der Waals surface area contributed by atoms with Crippen LogP contribution in [0, 0.1) is 11.3 Å². The van der Waals surface area contributed by atoms with E-state index in [4.69, 9.17) is 14.5 Å². The highest BCUT2D eigenvalue weighted by Gasteiger charge is 2.38. The monoisotopic (exact) mass is 989 g/mol. The number of amides is 4. The van der Waals surface area contributed by atoms with Crippen LogP contribution in [0.3, 0.4) is 0 Å². The lowest BCUT2D eigenvalue weighted by molar-refractivity contribution is -0.155. The van der Waals surface area contributed by atoms with E-state index < -0.39 is 59.1 Å². The van der Waals surface area contributed by atoms with Crippen LogP contribution in [-0.2, 0) is 48.0 Å². The van der Waals surface area contributed by atoms with Crippen molar-refractivity contribution in [2.45, 2.75) is 98.0 Å².